The summed E-state index contributed by atoms with van der Waals surface area (Å²) in [6.07, 6.45) is 3.08. The van der Waals surface area contributed by atoms with Gasteiger partial charge in [-0.3, -0.25) is 5.32 Å². The maximum absolute atomic E-state index is 13.6. The molecule has 1 N–H and O–H groups in total. The van der Waals surface area contributed by atoms with Crippen molar-refractivity contribution in [3.8, 4) is 11.3 Å². The fourth-order valence-corrected chi connectivity index (χ4v) is 3.18. The number of nitrogens with one attached hydrogen (secondary N) is 1. The smallest absolute Gasteiger partial charge is 0.361 e. The zero-order valence-electron chi connectivity index (χ0n) is 16.6. The average molecular weight is 430 g/mol. The SMILES string of the molecule is FC(F)(F)c1cc(-c2ccccc2)nc2c(COCNCCCn3ccnc3)cnn12. The van der Waals surface area contributed by atoms with Crippen LogP contribution in [0.25, 0.3) is 16.9 Å². The first kappa shape index (κ1) is 21.0. The minimum atomic E-state index is -4.56. The van der Waals surface area contributed by atoms with Gasteiger partial charge in [-0.15, -0.1) is 0 Å². The molecule has 0 radical (unpaired) electrons. The van der Waals surface area contributed by atoms with E-state index in [1.165, 1.54) is 6.20 Å². The molecule has 0 spiro atoms. The van der Waals surface area contributed by atoms with Crippen molar-refractivity contribution >= 4 is 5.65 Å². The molecule has 0 amide bonds. The molecule has 10 heteroatoms. The summed E-state index contributed by atoms with van der Waals surface area (Å²) in [7, 11) is 0. The predicted octanol–water partition coefficient (Wildman–Crippen LogP) is 3.77. The summed E-state index contributed by atoms with van der Waals surface area (Å²) >= 11 is 0. The molecule has 3 aromatic heterocycles. The molecule has 0 unspecified atom stereocenters. The van der Waals surface area contributed by atoms with Crippen molar-refractivity contribution in [2.75, 3.05) is 13.3 Å². The Morgan fingerprint density at radius 3 is 2.71 bits per heavy atom. The number of ether oxygens (including phenoxy) is 1. The van der Waals surface area contributed by atoms with Crippen LogP contribution in [0.3, 0.4) is 0 Å². The third-order valence-corrected chi connectivity index (χ3v) is 4.70. The maximum Gasteiger partial charge on any atom is 0.433 e. The normalized spacial score (nSPS) is 12.0. The van der Waals surface area contributed by atoms with Crippen LogP contribution >= 0.6 is 0 Å². The summed E-state index contributed by atoms with van der Waals surface area (Å²) in [5.41, 5.74) is 0.584. The van der Waals surface area contributed by atoms with E-state index in [9.17, 15) is 13.2 Å². The summed E-state index contributed by atoms with van der Waals surface area (Å²) in [6.45, 7) is 1.95. The molecular weight excluding hydrogens is 409 g/mol. The van der Waals surface area contributed by atoms with Gasteiger partial charge in [0.25, 0.3) is 0 Å². The number of alkyl halides is 3. The fourth-order valence-electron chi connectivity index (χ4n) is 3.18. The molecule has 0 atom stereocenters. The van der Waals surface area contributed by atoms with Crippen LogP contribution in [0.4, 0.5) is 13.2 Å². The van der Waals surface area contributed by atoms with Crippen LogP contribution in [-0.2, 0) is 24.1 Å². The molecule has 0 aliphatic carbocycles. The largest absolute Gasteiger partial charge is 0.433 e. The number of aryl methyl sites for hydroxylation is 1. The van der Waals surface area contributed by atoms with E-state index >= 15 is 0 Å². The van der Waals surface area contributed by atoms with E-state index in [4.69, 9.17) is 4.74 Å². The average Bonchev–Trinajstić information content (AvgIpc) is 3.42. The Bertz CT molecular complexity index is 1110. The maximum atomic E-state index is 13.6. The molecule has 0 fully saturated rings. The van der Waals surface area contributed by atoms with Gasteiger partial charge >= 0.3 is 6.18 Å². The molecule has 4 aromatic rings. The number of rotatable bonds is 9. The van der Waals surface area contributed by atoms with Crippen molar-refractivity contribution in [1.29, 1.82) is 0 Å². The van der Waals surface area contributed by atoms with Gasteiger partial charge in [0.1, 0.15) is 0 Å². The Morgan fingerprint density at radius 2 is 1.97 bits per heavy atom. The van der Waals surface area contributed by atoms with Crippen molar-refractivity contribution in [2.45, 2.75) is 25.7 Å². The second kappa shape index (κ2) is 9.27. The molecule has 4 rings (SSSR count). The zero-order valence-corrected chi connectivity index (χ0v) is 16.6. The predicted molar refractivity (Wildman–Crippen MR) is 108 cm³/mol. The van der Waals surface area contributed by atoms with Gasteiger partial charge in [0.15, 0.2) is 11.3 Å². The molecule has 31 heavy (non-hydrogen) atoms. The first-order chi connectivity index (χ1) is 15.0. The Hall–Kier alpha value is -3.24. The number of aromatic nitrogens is 5. The Kier molecular flexibility index (Phi) is 6.28. The van der Waals surface area contributed by atoms with Crippen LogP contribution in [0.15, 0.2) is 61.3 Å². The minimum absolute atomic E-state index is 0.0978. The Labute approximate surface area is 176 Å². The van der Waals surface area contributed by atoms with Crippen LogP contribution in [0.5, 0.6) is 0 Å². The van der Waals surface area contributed by atoms with Gasteiger partial charge in [-0.2, -0.15) is 18.3 Å². The lowest BCUT2D eigenvalue weighted by molar-refractivity contribution is -0.142. The summed E-state index contributed by atoms with van der Waals surface area (Å²) in [6, 6.07) is 9.77. The van der Waals surface area contributed by atoms with E-state index in [1.54, 1.807) is 42.9 Å². The van der Waals surface area contributed by atoms with Crippen LogP contribution in [0, 0.1) is 0 Å². The Morgan fingerprint density at radius 1 is 1.13 bits per heavy atom. The summed E-state index contributed by atoms with van der Waals surface area (Å²) in [4.78, 5) is 8.41. The van der Waals surface area contributed by atoms with Crippen molar-refractivity contribution in [3.05, 3.63) is 72.6 Å². The highest BCUT2D eigenvalue weighted by Crippen LogP contribution is 2.32. The third-order valence-electron chi connectivity index (χ3n) is 4.70. The highest BCUT2D eigenvalue weighted by atomic mass is 19.4. The van der Waals surface area contributed by atoms with Crippen LogP contribution < -0.4 is 5.32 Å². The number of halogens is 3. The lowest BCUT2D eigenvalue weighted by atomic mass is 10.1. The van der Waals surface area contributed by atoms with E-state index in [2.05, 4.69) is 20.4 Å². The van der Waals surface area contributed by atoms with Crippen LogP contribution in [-0.4, -0.2) is 37.4 Å². The van der Waals surface area contributed by atoms with Crippen molar-refractivity contribution in [1.82, 2.24) is 29.5 Å². The standard InChI is InChI=1S/C21H21F3N6O/c22-21(23,24)19-11-18(16-5-2-1-3-6-16)28-20-17(12-27-30(19)20)13-31-15-26-7-4-9-29-10-8-25-14-29/h1-3,5-6,8,10-12,14,26H,4,7,9,13,15H2. The molecule has 0 aliphatic heterocycles. The lowest BCUT2D eigenvalue weighted by Gasteiger charge is -2.12. The number of fused-ring (bicyclic) bond motifs is 1. The minimum Gasteiger partial charge on any atom is -0.361 e. The summed E-state index contributed by atoms with van der Waals surface area (Å²) < 4.78 is 49.2. The lowest BCUT2D eigenvalue weighted by Crippen LogP contribution is -2.20. The van der Waals surface area contributed by atoms with Gasteiger partial charge in [-0.1, -0.05) is 30.3 Å². The van der Waals surface area contributed by atoms with Crippen molar-refractivity contribution in [3.63, 3.8) is 0 Å². The zero-order chi connectivity index (χ0) is 21.7. The second-order valence-corrected chi connectivity index (χ2v) is 6.94. The van der Waals surface area contributed by atoms with Crippen molar-refractivity contribution < 1.29 is 17.9 Å². The molecule has 0 aliphatic rings. The first-order valence-corrected chi connectivity index (χ1v) is 9.77. The first-order valence-electron chi connectivity index (χ1n) is 9.77. The van der Waals surface area contributed by atoms with E-state index < -0.39 is 11.9 Å². The molecule has 7 nitrogen and oxygen atoms in total. The molecule has 3 heterocycles. The monoisotopic (exact) mass is 430 g/mol. The molecule has 0 bridgehead atoms. The molecule has 1 aromatic carbocycles. The highest BCUT2D eigenvalue weighted by Gasteiger charge is 2.35. The van der Waals surface area contributed by atoms with Gasteiger partial charge in [-0.05, 0) is 19.0 Å². The molecule has 0 saturated carbocycles. The number of imidazole rings is 1. The topological polar surface area (TPSA) is 69.3 Å². The Balaban J connectivity index is 1.43. The van der Waals surface area contributed by atoms with Crippen molar-refractivity contribution in [2.24, 2.45) is 0 Å². The molecule has 162 valence electrons. The van der Waals surface area contributed by atoms with Gasteiger partial charge in [-0.25, -0.2) is 14.5 Å². The number of hydrogen-bond acceptors (Lipinski definition) is 5. The van der Waals surface area contributed by atoms with E-state index in [-0.39, 0.29) is 24.7 Å². The number of benzene rings is 1. The molecule has 0 saturated heterocycles. The number of hydrogen-bond donors (Lipinski definition) is 1. The van der Waals surface area contributed by atoms with E-state index in [0.717, 1.165) is 30.1 Å². The van der Waals surface area contributed by atoms with Gasteiger partial charge < -0.3 is 9.30 Å². The van der Waals surface area contributed by atoms with Gasteiger partial charge in [0.05, 0.1) is 31.6 Å². The van der Waals surface area contributed by atoms with Crippen LogP contribution in [0.1, 0.15) is 17.7 Å². The molecular formula is C21H21F3N6O. The second-order valence-electron chi connectivity index (χ2n) is 6.94. The van der Waals surface area contributed by atoms with Crippen LogP contribution in [0.2, 0.25) is 0 Å². The van der Waals surface area contributed by atoms with E-state index in [1.807, 2.05) is 10.8 Å². The van der Waals surface area contributed by atoms with E-state index in [0.29, 0.717) is 11.1 Å². The third kappa shape index (κ3) is 5.09. The number of nitrogens with zero attached hydrogens (tertiary/aromatic N) is 5. The fraction of sp³-hybridized carbons (Fsp3) is 0.286. The van der Waals surface area contributed by atoms with Gasteiger partial charge in [0.2, 0.25) is 0 Å². The summed E-state index contributed by atoms with van der Waals surface area (Å²) in [5.74, 6) is 0. The highest BCUT2D eigenvalue weighted by molar-refractivity contribution is 5.63. The quantitative estimate of drug-likeness (QED) is 0.323. The van der Waals surface area contributed by atoms with Gasteiger partial charge in [0, 0.05) is 30.1 Å². The summed E-state index contributed by atoms with van der Waals surface area (Å²) in [5, 5.41) is 7.05.